The zero-order valence-corrected chi connectivity index (χ0v) is 12.1. The molecule has 0 aliphatic carbocycles. The Morgan fingerprint density at radius 2 is 1.74 bits per heavy atom. The van der Waals surface area contributed by atoms with Crippen LogP contribution in [0, 0.1) is 0 Å². The fraction of sp³-hybridized carbons (Fsp3) is 0.533. The van der Waals surface area contributed by atoms with E-state index in [1.165, 1.54) is 0 Å². The van der Waals surface area contributed by atoms with Gasteiger partial charge in [0.1, 0.15) is 11.5 Å². The van der Waals surface area contributed by atoms with Crippen LogP contribution in [0.1, 0.15) is 33.6 Å². The molecule has 19 heavy (non-hydrogen) atoms. The van der Waals surface area contributed by atoms with Gasteiger partial charge in [0.05, 0.1) is 7.11 Å². The smallest absolute Gasteiger partial charge is 0.261 e. The standard InChI is InChI=1S/C15H23NO3/c1-5-11(3)16-15(17)14(6-2)19-13-9-7-12(18-4)8-10-13/h7-11,14H,5-6H2,1-4H3,(H,16,17)/t11-,14+/m1/s1. The lowest BCUT2D eigenvalue weighted by molar-refractivity contribution is -0.128. The molecule has 106 valence electrons. The molecule has 0 aliphatic heterocycles. The SMILES string of the molecule is CC[C@@H](C)NC(=O)[C@H](CC)Oc1ccc(OC)cc1. The highest BCUT2D eigenvalue weighted by molar-refractivity contribution is 5.81. The van der Waals surface area contributed by atoms with Crippen molar-refractivity contribution in [3.63, 3.8) is 0 Å². The summed E-state index contributed by atoms with van der Waals surface area (Å²) in [4.78, 5) is 12.0. The minimum atomic E-state index is -0.456. The Bertz CT molecular complexity index is 389. The molecule has 0 aliphatic rings. The average molecular weight is 265 g/mol. The van der Waals surface area contributed by atoms with Gasteiger partial charge in [0.2, 0.25) is 0 Å². The molecule has 0 bridgehead atoms. The van der Waals surface area contributed by atoms with E-state index in [-0.39, 0.29) is 11.9 Å². The maximum atomic E-state index is 12.0. The molecule has 0 spiro atoms. The summed E-state index contributed by atoms with van der Waals surface area (Å²) in [5.41, 5.74) is 0. The monoisotopic (exact) mass is 265 g/mol. The first kappa shape index (κ1) is 15.3. The van der Waals surface area contributed by atoms with Gasteiger partial charge >= 0.3 is 0 Å². The van der Waals surface area contributed by atoms with Crippen molar-refractivity contribution in [2.24, 2.45) is 0 Å². The Hall–Kier alpha value is -1.71. The summed E-state index contributed by atoms with van der Waals surface area (Å²) in [6, 6.07) is 7.40. The molecular formula is C15H23NO3. The first-order chi connectivity index (χ1) is 9.10. The van der Waals surface area contributed by atoms with Crippen LogP contribution in [-0.4, -0.2) is 25.2 Å². The third-order valence-electron chi connectivity index (χ3n) is 3.00. The first-order valence-electron chi connectivity index (χ1n) is 6.71. The summed E-state index contributed by atoms with van der Waals surface area (Å²) in [5, 5.41) is 2.93. The molecule has 0 unspecified atom stereocenters. The molecule has 0 heterocycles. The molecule has 2 atom stereocenters. The van der Waals surface area contributed by atoms with Crippen LogP contribution in [0.15, 0.2) is 24.3 Å². The fourth-order valence-corrected chi connectivity index (χ4v) is 1.58. The lowest BCUT2D eigenvalue weighted by Crippen LogP contribution is -2.42. The van der Waals surface area contributed by atoms with Crippen LogP contribution < -0.4 is 14.8 Å². The second-order valence-electron chi connectivity index (χ2n) is 4.51. The maximum Gasteiger partial charge on any atom is 0.261 e. The molecule has 0 radical (unpaired) electrons. The number of nitrogens with one attached hydrogen (secondary N) is 1. The highest BCUT2D eigenvalue weighted by Crippen LogP contribution is 2.19. The number of amides is 1. The molecule has 1 rings (SSSR count). The summed E-state index contributed by atoms with van der Waals surface area (Å²) in [6.07, 6.45) is 1.08. The summed E-state index contributed by atoms with van der Waals surface area (Å²) >= 11 is 0. The van der Waals surface area contributed by atoms with Crippen molar-refractivity contribution in [3.05, 3.63) is 24.3 Å². The van der Waals surface area contributed by atoms with Crippen LogP contribution in [0.5, 0.6) is 11.5 Å². The third kappa shape index (κ3) is 4.81. The second-order valence-corrected chi connectivity index (χ2v) is 4.51. The Kier molecular flexibility index (Phi) is 6.19. The van der Waals surface area contributed by atoms with E-state index in [2.05, 4.69) is 5.32 Å². The van der Waals surface area contributed by atoms with E-state index in [1.54, 1.807) is 19.2 Å². The normalized spacial score (nSPS) is 13.5. The van der Waals surface area contributed by atoms with Crippen LogP contribution in [0.25, 0.3) is 0 Å². The minimum absolute atomic E-state index is 0.0623. The van der Waals surface area contributed by atoms with Crippen molar-refractivity contribution in [2.45, 2.75) is 45.8 Å². The van der Waals surface area contributed by atoms with Crippen LogP contribution in [-0.2, 0) is 4.79 Å². The van der Waals surface area contributed by atoms with Gasteiger partial charge in [0, 0.05) is 6.04 Å². The highest BCUT2D eigenvalue weighted by Gasteiger charge is 2.19. The van der Waals surface area contributed by atoms with Crippen molar-refractivity contribution >= 4 is 5.91 Å². The number of ether oxygens (including phenoxy) is 2. The van der Waals surface area contributed by atoms with Crippen LogP contribution in [0.2, 0.25) is 0 Å². The van der Waals surface area contributed by atoms with E-state index < -0.39 is 6.10 Å². The Labute approximate surface area is 115 Å². The summed E-state index contributed by atoms with van der Waals surface area (Å²) in [5.74, 6) is 1.38. The quantitative estimate of drug-likeness (QED) is 0.824. The van der Waals surface area contributed by atoms with Crippen molar-refractivity contribution in [3.8, 4) is 11.5 Å². The van der Waals surface area contributed by atoms with E-state index >= 15 is 0 Å². The summed E-state index contributed by atoms with van der Waals surface area (Å²) in [7, 11) is 1.62. The molecule has 1 aromatic rings. The molecule has 1 amide bonds. The lowest BCUT2D eigenvalue weighted by Gasteiger charge is -2.19. The number of rotatable bonds is 7. The van der Waals surface area contributed by atoms with Gasteiger partial charge in [-0.1, -0.05) is 13.8 Å². The minimum Gasteiger partial charge on any atom is -0.497 e. The van der Waals surface area contributed by atoms with Gasteiger partial charge in [0.15, 0.2) is 6.10 Å². The summed E-state index contributed by atoms with van der Waals surface area (Å²) in [6.45, 7) is 5.96. The molecule has 0 saturated heterocycles. The number of carbonyl (C=O) groups is 1. The number of hydrogen-bond donors (Lipinski definition) is 1. The van der Waals surface area contributed by atoms with Gasteiger partial charge in [0.25, 0.3) is 5.91 Å². The molecule has 4 nitrogen and oxygen atoms in total. The number of carbonyl (C=O) groups excluding carboxylic acids is 1. The van der Waals surface area contributed by atoms with E-state index in [1.807, 2.05) is 32.9 Å². The van der Waals surface area contributed by atoms with E-state index in [9.17, 15) is 4.79 Å². The zero-order chi connectivity index (χ0) is 14.3. The molecule has 0 aromatic heterocycles. The molecule has 0 saturated carbocycles. The fourth-order valence-electron chi connectivity index (χ4n) is 1.58. The van der Waals surface area contributed by atoms with Gasteiger partial charge in [-0.15, -0.1) is 0 Å². The second kappa shape index (κ2) is 7.67. The molecular weight excluding hydrogens is 242 g/mol. The molecule has 1 N–H and O–H groups in total. The molecule has 1 aromatic carbocycles. The van der Waals surface area contributed by atoms with Crippen LogP contribution in [0.4, 0.5) is 0 Å². The summed E-state index contributed by atoms with van der Waals surface area (Å²) < 4.78 is 10.8. The van der Waals surface area contributed by atoms with Crippen LogP contribution >= 0.6 is 0 Å². The molecule has 4 heteroatoms. The van der Waals surface area contributed by atoms with Crippen molar-refractivity contribution in [1.82, 2.24) is 5.32 Å². The molecule has 0 fully saturated rings. The zero-order valence-electron chi connectivity index (χ0n) is 12.1. The van der Waals surface area contributed by atoms with Gasteiger partial charge in [-0.2, -0.15) is 0 Å². The van der Waals surface area contributed by atoms with Gasteiger partial charge in [-0.3, -0.25) is 4.79 Å². The van der Waals surface area contributed by atoms with Crippen molar-refractivity contribution in [2.75, 3.05) is 7.11 Å². The van der Waals surface area contributed by atoms with E-state index in [4.69, 9.17) is 9.47 Å². The van der Waals surface area contributed by atoms with Crippen molar-refractivity contribution < 1.29 is 14.3 Å². The third-order valence-corrected chi connectivity index (χ3v) is 3.00. The number of methoxy groups -OCH3 is 1. The van der Waals surface area contributed by atoms with Gasteiger partial charge in [-0.05, 0) is 44.0 Å². The number of benzene rings is 1. The maximum absolute atomic E-state index is 12.0. The Morgan fingerprint density at radius 1 is 1.16 bits per heavy atom. The van der Waals surface area contributed by atoms with Gasteiger partial charge in [-0.25, -0.2) is 0 Å². The van der Waals surface area contributed by atoms with Crippen molar-refractivity contribution in [1.29, 1.82) is 0 Å². The predicted molar refractivity (Wildman–Crippen MR) is 75.6 cm³/mol. The highest BCUT2D eigenvalue weighted by atomic mass is 16.5. The van der Waals surface area contributed by atoms with E-state index in [0.29, 0.717) is 12.2 Å². The topological polar surface area (TPSA) is 47.6 Å². The first-order valence-corrected chi connectivity index (χ1v) is 6.71. The average Bonchev–Trinajstić information content (AvgIpc) is 2.44. The van der Waals surface area contributed by atoms with Gasteiger partial charge < -0.3 is 14.8 Å². The predicted octanol–water partition coefficient (Wildman–Crippen LogP) is 2.77. The Morgan fingerprint density at radius 3 is 2.21 bits per heavy atom. The van der Waals surface area contributed by atoms with Crippen LogP contribution in [0.3, 0.4) is 0 Å². The largest absolute Gasteiger partial charge is 0.497 e. The van der Waals surface area contributed by atoms with E-state index in [0.717, 1.165) is 12.2 Å². The number of hydrogen-bond acceptors (Lipinski definition) is 3. The Balaban J connectivity index is 2.62. The lowest BCUT2D eigenvalue weighted by atomic mass is 10.2.